The van der Waals surface area contributed by atoms with Crippen LogP contribution in [-0.4, -0.2) is 5.78 Å². The zero-order chi connectivity index (χ0) is 9.68. The van der Waals surface area contributed by atoms with Crippen LogP contribution in [-0.2, 0) is 11.2 Å². The fraction of sp³-hybridized carbons (Fsp3) is 0.545. The lowest BCUT2D eigenvalue weighted by molar-refractivity contribution is -0.118. The van der Waals surface area contributed by atoms with Crippen molar-refractivity contribution < 1.29 is 9.21 Å². The van der Waals surface area contributed by atoms with Crippen molar-refractivity contribution in [2.24, 2.45) is 5.92 Å². The van der Waals surface area contributed by atoms with Crippen LogP contribution in [0.4, 0.5) is 0 Å². The summed E-state index contributed by atoms with van der Waals surface area (Å²) in [4.78, 5) is 11.4. The van der Waals surface area contributed by atoms with Gasteiger partial charge in [-0.1, -0.05) is 13.8 Å². The van der Waals surface area contributed by atoms with Crippen molar-refractivity contribution in [2.45, 2.75) is 33.1 Å². The molecule has 1 rings (SSSR count). The van der Waals surface area contributed by atoms with Crippen LogP contribution >= 0.6 is 0 Å². The maximum atomic E-state index is 11.4. The van der Waals surface area contributed by atoms with Crippen molar-refractivity contribution in [3.05, 3.63) is 24.2 Å². The quantitative estimate of drug-likeness (QED) is 0.697. The second-order valence-corrected chi connectivity index (χ2v) is 3.78. The number of rotatable bonds is 5. The normalized spacial score (nSPS) is 10.7. The van der Waals surface area contributed by atoms with Gasteiger partial charge < -0.3 is 4.42 Å². The van der Waals surface area contributed by atoms with E-state index in [1.54, 1.807) is 12.5 Å². The molecule has 72 valence electrons. The summed E-state index contributed by atoms with van der Waals surface area (Å²) < 4.78 is 4.89. The van der Waals surface area contributed by atoms with E-state index in [-0.39, 0.29) is 0 Å². The van der Waals surface area contributed by atoms with Gasteiger partial charge in [0.25, 0.3) is 0 Å². The first-order valence-corrected chi connectivity index (χ1v) is 4.71. The van der Waals surface area contributed by atoms with Gasteiger partial charge in [-0.25, -0.2) is 0 Å². The number of ketones is 1. The van der Waals surface area contributed by atoms with Gasteiger partial charge in [-0.2, -0.15) is 0 Å². The van der Waals surface area contributed by atoms with Crippen LogP contribution in [0.2, 0.25) is 0 Å². The molecule has 0 saturated carbocycles. The van der Waals surface area contributed by atoms with Crippen LogP contribution in [0, 0.1) is 5.92 Å². The second-order valence-electron chi connectivity index (χ2n) is 3.78. The number of hydrogen-bond donors (Lipinski definition) is 0. The SMILES string of the molecule is CC(C)CCC(=O)Cc1ccoc1. The maximum absolute atomic E-state index is 11.4. The number of furan rings is 1. The zero-order valence-electron chi connectivity index (χ0n) is 8.25. The molecule has 0 saturated heterocycles. The predicted molar refractivity (Wildman–Crippen MR) is 51.5 cm³/mol. The fourth-order valence-electron chi connectivity index (χ4n) is 1.16. The fourth-order valence-corrected chi connectivity index (χ4v) is 1.16. The summed E-state index contributed by atoms with van der Waals surface area (Å²) in [5, 5.41) is 0. The van der Waals surface area contributed by atoms with Crippen molar-refractivity contribution in [1.29, 1.82) is 0 Å². The largest absolute Gasteiger partial charge is 0.472 e. The van der Waals surface area contributed by atoms with Crippen LogP contribution in [0.15, 0.2) is 23.0 Å². The molecule has 0 aromatic carbocycles. The molecule has 0 fully saturated rings. The Hall–Kier alpha value is -1.05. The summed E-state index contributed by atoms with van der Waals surface area (Å²) in [6.07, 6.45) is 5.42. The first kappa shape index (κ1) is 10.0. The molecule has 0 unspecified atom stereocenters. The molecule has 0 aliphatic carbocycles. The van der Waals surface area contributed by atoms with E-state index in [0.29, 0.717) is 24.5 Å². The van der Waals surface area contributed by atoms with E-state index in [2.05, 4.69) is 13.8 Å². The molecule has 1 aromatic rings. The van der Waals surface area contributed by atoms with Crippen LogP contribution in [0.25, 0.3) is 0 Å². The van der Waals surface area contributed by atoms with Crippen LogP contribution in [0.3, 0.4) is 0 Å². The zero-order valence-corrected chi connectivity index (χ0v) is 8.25. The summed E-state index contributed by atoms with van der Waals surface area (Å²) in [5.74, 6) is 0.906. The third-order valence-electron chi connectivity index (χ3n) is 1.98. The molecular weight excluding hydrogens is 164 g/mol. The summed E-state index contributed by atoms with van der Waals surface area (Å²) >= 11 is 0. The molecule has 2 nitrogen and oxygen atoms in total. The summed E-state index contributed by atoms with van der Waals surface area (Å²) in [5.41, 5.74) is 0.980. The second kappa shape index (κ2) is 4.85. The molecule has 2 heteroatoms. The lowest BCUT2D eigenvalue weighted by Gasteiger charge is -2.02. The van der Waals surface area contributed by atoms with Crippen molar-refractivity contribution >= 4 is 5.78 Å². The summed E-state index contributed by atoms with van der Waals surface area (Å²) in [7, 11) is 0. The van der Waals surface area contributed by atoms with Gasteiger partial charge in [0.15, 0.2) is 0 Å². The van der Waals surface area contributed by atoms with Gasteiger partial charge in [0.2, 0.25) is 0 Å². The van der Waals surface area contributed by atoms with Crippen LogP contribution in [0.1, 0.15) is 32.3 Å². The Labute approximate surface area is 78.9 Å². The van der Waals surface area contributed by atoms with E-state index in [1.807, 2.05) is 6.07 Å². The first-order valence-electron chi connectivity index (χ1n) is 4.71. The Morgan fingerprint density at radius 1 is 1.54 bits per heavy atom. The number of carbonyl (C=O) groups excluding carboxylic acids is 1. The molecule has 0 atom stereocenters. The third-order valence-corrected chi connectivity index (χ3v) is 1.98. The van der Waals surface area contributed by atoms with Crippen molar-refractivity contribution in [3.8, 4) is 0 Å². The molecule has 0 aliphatic heterocycles. The van der Waals surface area contributed by atoms with Gasteiger partial charge >= 0.3 is 0 Å². The van der Waals surface area contributed by atoms with Crippen LogP contribution < -0.4 is 0 Å². The maximum Gasteiger partial charge on any atom is 0.137 e. The van der Waals surface area contributed by atoms with Gasteiger partial charge in [0.1, 0.15) is 5.78 Å². The highest BCUT2D eigenvalue weighted by Crippen LogP contribution is 2.08. The standard InChI is InChI=1S/C11H16O2/c1-9(2)3-4-11(12)7-10-5-6-13-8-10/h5-6,8-9H,3-4,7H2,1-2H3. The minimum absolute atomic E-state index is 0.301. The predicted octanol–water partition coefficient (Wildman–Crippen LogP) is 2.83. The van der Waals surface area contributed by atoms with Crippen LogP contribution in [0.5, 0.6) is 0 Å². The van der Waals surface area contributed by atoms with Crippen molar-refractivity contribution in [2.75, 3.05) is 0 Å². The molecule has 0 N–H and O–H groups in total. The van der Waals surface area contributed by atoms with E-state index < -0.39 is 0 Å². The number of Topliss-reactive ketones (excluding diaryl/α,β-unsaturated/α-hetero) is 1. The van der Waals surface area contributed by atoms with E-state index in [1.165, 1.54) is 0 Å². The summed E-state index contributed by atoms with van der Waals surface area (Å²) in [6, 6.07) is 1.84. The Balaban J connectivity index is 2.26. The van der Waals surface area contributed by atoms with Gasteiger partial charge in [-0.15, -0.1) is 0 Å². The third kappa shape index (κ3) is 3.92. The van der Waals surface area contributed by atoms with E-state index in [4.69, 9.17) is 4.42 Å². The molecule has 0 spiro atoms. The molecule has 1 heterocycles. The molecule has 0 radical (unpaired) electrons. The van der Waals surface area contributed by atoms with E-state index in [9.17, 15) is 4.79 Å². The van der Waals surface area contributed by atoms with Crippen molar-refractivity contribution in [3.63, 3.8) is 0 Å². The average molecular weight is 180 g/mol. The minimum atomic E-state index is 0.301. The Bertz CT molecular complexity index is 247. The highest BCUT2D eigenvalue weighted by molar-refractivity contribution is 5.80. The monoisotopic (exact) mass is 180 g/mol. The molecule has 13 heavy (non-hydrogen) atoms. The van der Waals surface area contributed by atoms with Gasteiger partial charge in [-0.05, 0) is 24.0 Å². The minimum Gasteiger partial charge on any atom is -0.472 e. The highest BCUT2D eigenvalue weighted by atomic mass is 16.3. The lowest BCUT2D eigenvalue weighted by atomic mass is 10.0. The molecular formula is C11H16O2. The smallest absolute Gasteiger partial charge is 0.137 e. The Morgan fingerprint density at radius 2 is 2.31 bits per heavy atom. The molecule has 1 aromatic heterocycles. The lowest BCUT2D eigenvalue weighted by Crippen LogP contribution is -2.03. The van der Waals surface area contributed by atoms with Gasteiger partial charge in [0.05, 0.1) is 12.5 Å². The topological polar surface area (TPSA) is 30.2 Å². The van der Waals surface area contributed by atoms with Crippen molar-refractivity contribution in [1.82, 2.24) is 0 Å². The molecule has 0 amide bonds. The Kier molecular flexibility index (Phi) is 3.74. The summed E-state index contributed by atoms with van der Waals surface area (Å²) in [6.45, 7) is 4.26. The first-order chi connectivity index (χ1) is 6.18. The average Bonchev–Trinajstić information content (AvgIpc) is 2.53. The Morgan fingerprint density at radius 3 is 2.85 bits per heavy atom. The van der Waals surface area contributed by atoms with E-state index >= 15 is 0 Å². The van der Waals surface area contributed by atoms with Gasteiger partial charge in [-0.3, -0.25) is 4.79 Å². The number of hydrogen-bond acceptors (Lipinski definition) is 2. The number of carbonyl (C=O) groups is 1. The molecule has 0 bridgehead atoms. The highest BCUT2D eigenvalue weighted by Gasteiger charge is 2.05. The van der Waals surface area contributed by atoms with E-state index in [0.717, 1.165) is 12.0 Å². The molecule has 0 aliphatic rings. The van der Waals surface area contributed by atoms with Gasteiger partial charge in [0, 0.05) is 12.8 Å².